The molecule has 0 spiro atoms. The van der Waals surface area contributed by atoms with E-state index in [1.807, 2.05) is 41.3 Å². The SMILES string of the molecule is CC(C)C[C@H](N)CN(C(=O)C1C[C@H]1c1ccccc1)c1ccc(-c2ccccc2)cc1. The van der Waals surface area contributed by atoms with Crippen LogP contribution in [0, 0.1) is 11.8 Å². The Hall–Kier alpha value is -2.91. The Labute approximate surface area is 185 Å². The van der Waals surface area contributed by atoms with E-state index >= 15 is 0 Å². The molecule has 1 aliphatic rings. The number of anilines is 1. The van der Waals surface area contributed by atoms with Crippen LogP contribution in [0.1, 0.15) is 38.2 Å². The van der Waals surface area contributed by atoms with E-state index in [0.717, 1.165) is 24.1 Å². The van der Waals surface area contributed by atoms with Crippen molar-refractivity contribution in [2.45, 2.75) is 38.6 Å². The first-order valence-corrected chi connectivity index (χ1v) is 11.3. The summed E-state index contributed by atoms with van der Waals surface area (Å²) >= 11 is 0. The molecule has 31 heavy (non-hydrogen) atoms. The Kier molecular flexibility index (Phi) is 6.53. The lowest BCUT2D eigenvalue weighted by Gasteiger charge is -2.27. The van der Waals surface area contributed by atoms with Crippen molar-refractivity contribution in [3.63, 3.8) is 0 Å². The molecule has 3 aromatic carbocycles. The number of carbonyl (C=O) groups excluding carboxylic acids is 1. The molecule has 160 valence electrons. The highest BCUT2D eigenvalue weighted by Gasteiger charge is 2.46. The molecule has 1 fully saturated rings. The number of hydrogen-bond acceptors (Lipinski definition) is 2. The first-order chi connectivity index (χ1) is 15.0. The van der Waals surface area contributed by atoms with E-state index in [4.69, 9.17) is 5.73 Å². The normalized spacial score (nSPS) is 18.6. The summed E-state index contributed by atoms with van der Waals surface area (Å²) in [6.45, 7) is 4.90. The van der Waals surface area contributed by atoms with E-state index in [-0.39, 0.29) is 17.9 Å². The van der Waals surface area contributed by atoms with Crippen molar-refractivity contribution in [2.75, 3.05) is 11.4 Å². The second-order valence-corrected chi connectivity index (χ2v) is 9.11. The zero-order chi connectivity index (χ0) is 21.8. The molecule has 3 heteroatoms. The van der Waals surface area contributed by atoms with Crippen molar-refractivity contribution in [2.24, 2.45) is 17.6 Å². The average Bonchev–Trinajstić information content (AvgIpc) is 3.59. The van der Waals surface area contributed by atoms with E-state index in [1.54, 1.807) is 0 Å². The Bertz CT molecular complexity index is 983. The minimum Gasteiger partial charge on any atom is -0.326 e. The van der Waals surface area contributed by atoms with Gasteiger partial charge < -0.3 is 10.6 Å². The van der Waals surface area contributed by atoms with Crippen LogP contribution in [0.5, 0.6) is 0 Å². The summed E-state index contributed by atoms with van der Waals surface area (Å²) in [5.74, 6) is 1.06. The Morgan fingerprint density at radius 2 is 1.48 bits per heavy atom. The summed E-state index contributed by atoms with van der Waals surface area (Å²) in [6.07, 6.45) is 1.82. The summed E-state index contributed by atoms with van der Waals surface area (Å²) in [4.78, 5) is 15.5. The van der Waals surface area contributed by atoms with Gasteiger partial charge in [0.25, 0.3) is 0 Å². The minimum atomic E-state index is -0.0355. The molecule has 1 unspecified atom stereocenters. The topological polar surface area (TPSA) is 46.3 Å². The molecule has 3 nitrogen and oxygen atoms in total. The average molecular weight is 413 g/mol. The van der Waals surface area contributed by atoms with Crippen molar-refractivity contribution in [1.82, 2.24) is 0 Å². The number of amides is 1. The number of carbonyl (C=O) groups is 1. The molecule has 0 aromatic heterocycles. The van der Waals surface area contributed by atoms with Gasteiger partial charge in [-0.1, -0.05) is 86.6 Å². The van der Waals surface area contributed by atoms with E-state index < -0.39 is 0 Å². The van der Waals surface area contributed by atoms with Crippen molar-refractivity contribution in [3.05, 3.63) is 90.5 Å². The highest BCUT2D eigenvalue weighted by molar-refractivity contribution is 5.97. The van der Waals surface area contributed by atoms with Gasteiger partial charge in [-0.25, -0.2) is 0 Å². The molecule has 1 aliphatic carbocycles. The second kappa shape index (κ2) is 9.49. The molecule has 3 aromatic rings. The van der Waals surface area contributed by atoms with Gasteiger partial charge in [0.05, 0.1) is 0 Å². The fraction of sp³-hybridized carbons (Fsp3) is 0.321. The lowest BCUT2D eigenvalue weighted by Crippen LogP contribution is -2.42. The third kappa shape index (κ3) is 5.23. The predicted molar refractivity (Wildman–Crippen MR) is 129 cm³/mol. The van der Waals surface area contributed by atoms with E-state index in [0.29, 0.717) is 18.4 Å². The van der Waals surface area contributed by atoms with Crippen LogP contribution < -0.4 is 10.6 Å². The van der Waals surface area contributed by atoms with Crippen molar-refractivity contribution < 1.29 is 4.79 Å². The maximum absolute atomic E-state index is 13.5. The molecule has 4 rings (SSSR count). The second-order valence-electron chi connectivity index (χ2n) is 9.11. The molecule has 0 radical (unpaired) electrons. The summed E-state index contributed by atoms with van der Waals surface area (Å²) in [7, 11) is 0. The first-order valence-electron chi connectivity index (χ1n) is 11.3. The molecule has 2 N–H and O–H groups in total. The zero-order valence-corrected chi connectivity index (χ0v) is 18.4. The van der Waals surface area contributed by atoms with Gasteiger partial charge in [-0.2, -0.15) is 0 Å². The standard InChI is InChI=1S/C28H32N2O/c1-20(2)17-24(29)19-30(28(31)27-18-26(27)23-11-7-4-8-12-23)25-15-13-22(14-16-25)21-9-5-3-6-10-21/h3-16,20,24,26-27H,17-19,29H2,1-2H3/t24-,26-,27?/m0/s1. The van der Waals surface area contributed by atoms with Crippen molar-refractivity contribution in [3.8, 4) is 11.1 Å². The fourth-order valence-corrected chi connectivity index (χ4v) is 4.44. The van der Waals surface area contributed by atoms with E-state index in [1.165, 1.54) is 11.1 Å². The summed E-state index contributed by atoms with van der Waals surface area (Å²) in [5, 5.41) is 0. The quantitative estimate of drug-likeness (QED) is 0.503. The van der Waals surface area contributed by atoms with Crippen molar-refractivity contribution in [1.29, 1.82) is 0 Å². The minimum absolute atomic E-state index is 0.0355. The first kappa shape index (κ1) is 21.3. The fourth-order valence-electron chi connectivity index (χ4n) is 4.44. The smallest absolute Gasteiger partial charge is 0.230 e. The van der Waals surface area contributed by atoms with Gasteiger partial charge in [0.2, 0.25) is 5.91 Å². The van der Waals surface area contributed by atoms with E-state index in [9.17, 15) is 4.79 Å². The van der Waals surface area contributed by atoms with Gasteiger partial charge >= 0.3 is 0 Å². The predicted octanol–water partition coefficient (Wildman–Crippen LogP) is 5.86. The molecule has 3 atom stereocenters. The van der Waals surface area contributed by atoms with E-state index in [2.05, 4.69) is 62.4 Å². The van der Waals surface area contributed by atoms with Gasteiger partial charge in [0.15, 0.2) is 0 Å². The molecule has 0 bridgehead atoms. The van der Waals surface area contributed by atoms with Crippen LogP contribution in [0.3, 0.4) is 0 Å². The lowest BCUT2D eigenvalue weighted by atomic mass is 10.0. The molecular weight excluding hydrogens is 380 g/mol. The highest BCUT2D eigenvalue weighted by Crippen LogP contribution is 2.48. The molecule has 1 amide bonds. The number of nitrogens with two attached hydrogens (primary N) is 1. The van der Waals surface area contributed by atoms with Gasteiger partial charge in [-0.05, 0) is 53.5 Å². The Balaban J connectivity index is 1.55. The van der Waals surface area contributed by atoms with Gasteiger partial charge in [0.1, 0.15) is 0 Å². The zero-order valence-electron chi connectivity index (χ0n) is 18.4. The largest absolute Gasteiger partial charge is 0.326 e. The lowest BCUT2D eigenvalue weighted by molar-refractivity contribution is -0.120. The third-order valence-electron chi connectivity index (χ3n) is 6.08. The molecular formula is C28H32N2O. The molecule has 0 heterocycles. The van der Waals surface area contributed by atoms with Crippen molar-refractivity contribution >= 4 is 11.6 Å². The maximum atomic E-state index is 13.5. The van der Waals surface area contributed by atoms with Gasteiger partial charge in [-0.15, -0.1) is 0 Å². The van der Waals surface area contributed by atoms with Gasteiger partial charge in [-0.3, -0.25) is 4.79 Å². The van der Waals surface area contributed by atoms with Crippen LogP contribution in [0.4, 0.5) is 5.69 Å². The summed E-state index contributed by atoms with van der Waals surface area (Å²) < 4.78 is 0. The van der Waals surface area contributed by atoms with Gasteiger partial charge in [0, 0.05) is 24.2 Å². The monoisotopic (exact) mass is 412 g/mol. The number of hydrogen-bond donors (Lipinski definition) is 1. The van der Waals surface area contributed by atoms with Crippen LogP contribution in [0.15, 0.2) is 84.9 Å². The number of benzene rings is 3. The van der Waals surface area contributed by atoms with Crippen LogP contribution in [0.2, 0.25) is 0 Å². The molecule has 0 saturated heterocycles. The molecule has 1 saturated carbocycles. The van der Waals surface area contributed by atoms with Crippen LogP contribution in [-0.2, 0) is 4.79 Å². The molecule has 0 aliphatic heterocycles. The Morgan fingerprint density at radius 3 is 2.10 bits per heavy atom. The maximum Gasteiger partial charge on any atom is 0.230 e. The van der Waals surface area contributed by atoms with Crippen LogP contribution >= 0.6 is 0 Å². The van der Waals surface area contributed by atoms with Crippen LogP contribution in [0.25, 0.3) is 11.1 Å². The van der Waals surface area contributed by atoms with Crippen LogP contribution in [-0.4, -0.2) is 18.5 Å². The number of rotatable bonds is 8. The number of nitrogens with zero attached hydrogens (tertiary/aromatic N) is 1. The summed E-state index contributed by atoms with van der Waals surface area (Å²) in [6, 6.07) is 29.0. The summed E-state index contributed by atoms with van der Waals surface area (Å²) in [5.41, 5.74) is 11.0. The Morgan fingerprint density at radius 1 is 0.903 bits per heavy atom. The third-order valence-corrected chi connectivity index (χ3v) is 6.08. The highest BCUT2D eigenvalue weighted by atomic mass is 16.2.